The molecule has 11 heteroatoms. The molecule has 0 spiro atoms. The van der Waals surface area contributed by atoms with Gasteiger partial charge in [-0.1, -0.05) is 12.2 Å². The highest BCUT2D eigenvalue weighted by Crippen LogP contribution is 2.43. The summed E-state index contributed by atoms with van der Waals surface area (Å²) in [7, 11) is 0. The predicted octanol–water partition coefficient (Wildman–Crippen LogP) is 0.618. The van der Waals surface area contributed by atoms with E-state index < -0.39 is 30.2 Å². The van der Waals surface area contributed by atoms with Gasteiger partial charge in [0.1, 0.15) is 23.4 Å². The van der Waals surface area contributed by atoms with E-state index in [0.717, 1.165) is 0 Å². The number of rotatable bonds is 2. The van der Waals surface area contributed by atoms with E-state index in [-0.39, 0.29) is 21.8 Å². The number of anilines is 1. The first-order chi connectivity index (χ1) is 11.3. The van der Waals surface area contributed by atoms with E-state index >= 15 is 4.39 Å². The number of nitrogen functional groups attached to an aromatic ring is 1. The number of imidazole rings is 1. The van der Waals surface area contributed by atoms with Gasteiger partial charge in [0.2, 0.25) is 5.67 Å². The Hall–Kier alpha value is -1.77. The number of alkyl halides is 1. The Morgan fingerprint density at radius 2 is 2.38 bits per heavy atom. The van der Waals surface area contributed by atoms with Crippen molar-refractivity contribution in [1.82, 2.24) is 19.5 Å². The summed E-state index contributed by atoms with van der Waals surface area (Å²) in [5.74, 6) is 2.12. The lowest BCUT2D eigenvalue weighted by atomic mass is 9.95. The summed E-state index contributed by atoms with van der Waals surface area (Å²) in [5, 5.41) is 21.9. The Bertz CT molecular complexity index is 906. The number of ether oxygens (including phenoxy) is 1. The summed E-state index contributed by atoms with van der Waals surface area (Å²) < 4.78 is 22.3. The van der Waals surface area contributed by atoms with Crippen molar-refractivity contribution < 1.29 is 19.3 Å². The minimum atomic E-state index is -2.58. The smallest absolute Gasteiger partial charge is 0.244 e. The molecule has 5 atom stereocenters. The zero-order valence-corrected chi connectivity index (χ0v) is 13.8. The van der Waals surface area contributed by atoms with Gasteiger partial charge in [-0.25, -0.2) is 14.4 Å². The molecule has 0 bridgehead atoms. The van der Waals surface area contributed by atoms with E-state index in [1.165, 1.54) is 17.8 Å². The average molecular weight is 374 g/mol. The van der Waals surface area contributed by atoms with Crippen LogP contribution in [-0.4, -0.2) is 53.7 Å². The second-order valence-electron chi connectivity index (χ2n) is 5.40. The third kappa shape index (κ3) is 2.45. The Morgan fingerprint density at radius 3 is 3.00 bits per heavy atom. The maximum Gasteiger partial charge on any atom is 0.244 e. The largest absolute Gasteiger partial charge is 0.391 e. The second kappa shape index (κ2) is 5.94. The highest BCUT2D eigenvalue weighted by molar-refractivity contribution is 7.71. The molecule has 2 aromatic heterocycles. The number of aromatic nitrogens is 4. The first-order valence-corrected chi connectivity index (χ1v) is 7.64. The van der Waals surface area contributed by atoms with Crippen molar-refractivity contribution in [2.45, 2.75) is 37.1 Å². The molecule has 24 heavy (non-hydrogen) atoms. The van der Waals surface area contributed by atoms with Crippen molar-refractivity contribution in [3.8, 4) is 11.3 Å². The molecule has 3 rings (SSSR count). The number of H-pyrrole nitrogens is 1. The lowest BCUT2D eigenvalue weighted by Gasteiger charge is -2.23. The maximum absolute atomic E-state index is 15.4. The SMILES string of the molecule is C[C@@H](O)[C@H]1O[C@@H](n2cnc3c(=S)nc(N)[nH]c32)C(F)(C#CCl)C1O. The molecule has 2 unspecified atom stereocenters. The first kappa shape index (κ1) is 17.1. The highest BCUT2D eigenvalue weighted by atomic mass is 35.5. The van der Waals surface area contributed by atoms with Crippen LogP contribution in [-0.2, 0) is 4.74 Å². The van der Waals surface area contributed by atoms with Gasteiger partial charge in [0, 0.05) is 5.38 Å². The number of nitrogens with one attached hydrogen (secondary N) is 1. The maximum atomic E-state index is 15.4. The molecule has 8 nitrogen and oxygen atoms in total. The summed E-state index contributed by atoms with van der Waals surface area (Å²) in [6.45, 7) is 1.37. The molecule has 0 saturated carbocycles. The monoisotopic (exact) mass is 373 g/mol. The average Bonchev–Trinajstić information content (AvgIpc) is 3.00. The van der Waals surface area contributed by atoms with Crippen LogP contribution in [0.2, 0.25) is 0 Å². The molecule has 1 aliphatic heterocycles. The number of aromatic amines is 1. The Kier molecular flexibility index (Phi) is 4.23. The van der Waals surface area contributed by atoms with Crippen LogP contribution >= 0.6 is 23.8 Å². The zero-order valence-electron chi connectivity index (χ0n) is 12.3. The van der Waals surface area contributed by atoms with Gasteiger partial charge in [-0.2, -0.15) is 0 Å². The second-order valence-corrected chi connectivity index (χ2v) is 5.98. The molecule has 1 aliphatic rings. The lowest BCUT2D eigenvalue weighted by Crippen LogP contribution is -2.44. The summed E-state index contributed by atoms with van der Waals surface area (Å²) in [6.07, 6.45) is -4.26. The fourth-order valence-electron chi connectivity index (χ4n) is 2.69. The van der Waals surface area contributed by atoms with Gasteiger partial charge in [0.05, 0.1) is 12.4 Å². The molecular formula is C13H13ClFN5O3S. The molecule has 3 heterocycles. The Morgan fingerprint density at radius 1 is 1.67 bits per heavy atom. The van der Waals surface area contributed by atoms with Crippen LogP contribution in [0.15, 0.2) is 6.33 Å². The van der Waals surface area contributed by atoms with E-state index in [2.05, 4.69) is 20.9 Å². The molecular weight excluding hydrogens is 361 g/mol. The molecule has 128 valence electrons. The summed E-state index contributed by atoms with van der Waals surface area (Å²) in [6, 6.07) is 0. The minimum absolute atomic E-state index is 0.00718. The van der Waals surface area contributed by atoms with Crippen LogP contribution in [0.4, 0.5) is 10.3 Å². The van der Waals surface area contributed by atoms with Gasteiger partial charge in [0.15, 0.2) is 16.8 Å². The van der Waals surface area contributed by atoms with Gasteiger partial charge >= 0.3 is 0 Å². The fraction of sp³-hybridized carbons (Fsp3) is 0.462. The van der Waals surface area contributed by atoms with E-state index in [9.17, 15) is 10.2 Å². The van der Waals surface area contributed by atoms with Crippen molar-refractivity contribution >= 4 is 40.9 Å². The van der Waals surface area contributed by atoms with Crippen LogP contribution in [0.3, 0.4) is 0 Å². The number of hydrogen-bond donors (Lipinski definition) is 4. The van der Waals surface area contributed by atoms with Crippen LogP contribution in [0.25, 0.3) is 11.2 Å². The summed E-state index contributed by atoms with van der Waals surface area (Å²) in [4.78, 5) is 10.6. The van der Waals surface area contributed by atoms with E-state index in [1.54, 1.807) is 0 Å². The lowest BCUT2D eigenvalue weighted by molar-refractivity contribution is -0.0776. The van der Waals surface area contributed by atoms with E-state index in [0.29, 0.717) is 0 Å². The molecule has 0 aliphatic carbocycles. The number of halogens is 2. The Balaban J connectivity index is 2.20. The molecule has 2 aromatic rings. The minimum Gasteiger partial charge on any atom is -0.391 e. The number of nitrogens with two attached hydrogens (primary N) is 1. The van der Waals surface area contributed by atoms with Crippen LogP contribution in [0, 0.1) is 15.9 Å². The van der Waals surface area contributed by atoms with E-state index in [1.807, 2.05) is 5.38 Å². The number of fused-ring (bicyclic) bond motifs is 1. The number of hydrogen-bond acceptors (Lipinski definition) is 7. The normalized spacial score (nSPS) is 31.0. The quantitative estimate of drug-likeness (QED) is 0.449. The topological polar surface area (TPSA) is 122 Å². The first-order valence-electron chi connectivity index (χ1n) is 6.85. The third-order valence-electron chi connectivity index (χ3n) is 3.82. The fourth-order valence-corrected chi connectivity index (χ4v) is 3.08. The van der Waals surface area contributed by atoms with Crippen LogP contribution in [0.1, 0.15) is 13.2 Å². The molecule has 5 N–H and O–H groups in total. The van der Waals surface area contributed by atoms with Gasteiger partial charge in [-0.05, 0) is 24.4 Å². The van der Waals surface area contributed by atoms with Gasteiger partial charge < -0.3 is 25.7 Å². The zero-order chi connectivity index (χ0) is 17.6. The third-order valence-corrected chi connectivity index (χ3v) is 4.20. The van der Waals surface area contributed by atoms with Crippen LogP contribution in [0.5, 0.6) is 0 Å². The molecule has 0 amide bonds. The molecule has 0 aromatic carbocycles. The van der Waals surface area contributed by atoms with Gasteiger partial charge in [-0.15, -0.1) is 0 Å². The van der Waals surface area contributed by atoms with Gasteiger partial charge in [-0.3, -0.25) is 4.57 Å². The highest BCUT2D eigenvalue weighted by Gasteiger charge is 2.59. The summed E-state index contributed by atoms with van der Waals surface area (Å²) >= 11 is 10.4. The van der Waals surface area contributed by atoms with E-state index in [4.69, 9.17) is 34.3 Å². The van der Waals surface area contributed by atoms with Crippen LogP contribution < -0.4 is 5.73 Å². The predicted molar refractivity (Wildman–Crippen MR) is 86.2 cm³/mol. The Labute approximate surface area is 145 Å². The van der Waals surface area contributed by atoms with Crippen molar-refractivity contribution in [3.05, 3.63) is 11.0 Å². The number of aliphatic hydroxyl groups is 2. The number of nitrogens with zero attached hydrogens (tertiary/aromatic N) is 3. The summed E-state index contributed by atoms with van der Waals surface area (Å²) in [5.41, 5.74) is 3.58. The van der Waals surface area contributed by atoms with Crippen molar-refractivity contribution in [3.63, 3.8) is 0 Å². The standard InChI is InChI=1S/C13H13ClFN5O3S/c1-5(21)7-8(22)13(15,2-3-14)11(23-7)20-4-17-6-9(20)18-12(16)19-10(6)24/h4-5,7-8,11,21-22H,1H3,(H3,16,18,19,24)/t5-,7-,8?,11-,13?/m1/s1. The molecule has 0 radical (unpaired) electrons. The van der Waals surface area contributed by atoms with Gasteiger partial charge in [0.25, 0.3) is 0 Å². The molecule has 1 saturated heterocycles. The van der Waals surface area contributed by atoms with Crippen molar-refractivity contribution in [2.75, 3.05) is 5.73 Å². The molecule has 1 fully saturated rings. The van der Waals surface area contributed by atoms with Crippen molar-refractivity contribution in [2.24, 2.45) is 0 Å². The van der Waals surface area contributed by atoms with Crippen molar-refractivity contribution in [1.29, 1.82) is 0 Å². The number of aliphatic hydroxyl groups excluding tert-OH is 2.